The zero-order valence-electron chi connectivity index (χ0n) is 26.3. The number of aromatic nitrogens is 3. The Balaban J connectivity index is 1.99. The van der Waals surface area contributed by atoms with Crippen LogP contribution in [-0.2, 0) is 32.4 Å². The Hall–Kier alpha value is -4.31. The van der Waals surface area contributed by atoms with E-state index >= 15 is 0 Å². The molecule has 0 saturated carbocycles. The molecule has 1 heterocycles. The summed E-state index contributed by atoms with van der Waals surface area (Å²) in [6.45, 7) is 8.52. The zero-order chi connectivity index (χ0) is 31.7. The van der Waals surface area contributed by atoms with Gasteiger partial charge in [-0.25, -0.2) is 20.2 Å². The molecule has 2 aromatic carbocycles. The molecule has 0 bridgehead atoms. The van der Waals surface area contributed by atoms with Crippen LogP contribution in [0.25, 0.3) is 6.08 Å². The van der Waals surface area contributed by atoms with Crippen LogP contribution in [0.4, 0.5) is 0 Å². The van der Waals surface area contributed by atoms with Crippen molar-refractivity contribution in [2.45, 2.75) is 79.0 Å². The van der Waals surface area contributed by atoms with E-state index in [1.807, 2.05) is 86.7 Å². The van der Waals surface area contributed by atoms with Crippen molar-refractivity contribution in [3.05, 3.63) is 90.3 Å². The fraction of sp³-hybridized carbons (Fsp3) is 0.441. The van der Waals surface area contributed by atoms with Crippen LogP contribution in [0.5, 0.6) is 0 Å². The van der Waals surface area contributed by atoms with Gasteiger partial charge in [0.1, 0.15) is 12.6 Å². The summed E-state index contributed by atoms with van der Waals surface area (Å²) in [7, 11) is 0. The normalized spacial score (nSPS) is 12.0. The summed E-state index contributed by atoms with van der Waals surface area (Å²) in [6, 6.07) is 18.2. The molecule has 0 aliphatic carbocycles. The zero-order valence-corrected chi connectivity index (χ0v) is 26.3. The number of hydrogen-bond acceptors (Lipinski definition) is 6. The highest BCUT2D eigenvalue weighted by atomic mass is 16.7. The van der Waals surface area contributed by atoms with Crippen molar-refractivity contribution >= 4 is 23.8 Å². The van der Waals surface area contributed by atoms with Gasteiger partial charge in [-0.1, -0.05) is 119 Å². The molecule has 0 radical (unpaired) electrons. The standard InChI is InChI=1S/C34H46N6O4/c1-5-28(6-2)24-39(33(42)25-38-23-22-35-37-38)40(32(41)21-20-27(3)4)31(19-13-18-29-14-9-7-10-15-29)34(43)36-44-26-30-16-11-8-12-17-30/h7-18,22-23,27-28,31H,5-6,19-21,24-26H2,1-4H3,(H,36,43)/t31-/m0/s1. The Morgan fingerprint density at radius 1 is 0.977 bits per heavy atom. The highest BCUT2D eigenvalue weighted by molar-refractivity contribution is 5.89. The first kappa shape index (κ1) is 34.2. The number of hydroxylamine groups is 1. The van der Waals surface area contributed by atoms with Crippen molar-refractivity contribution in [1.29, 1.82) is 0 Å². The lowest BCUT2D eigenvalue weighted by atomic mass is 10.0. The minimum Gasteiger partial charge on any atom is -0.273 e. The quantitative estimate of drug-likeness (QED) is 0.206. The molecule has 1 atom stereocenters. The Bertz CT molecular complexity index is 1290. The average molecular weight is 603 g/mol. The fourth-order valence-corrected chi connectivity index (χ4v) is 4.69. The molecule has 0 aliphatic heterocycles. The van der Waals surface area contributed by atoms with Crippen LogP contribution in [-0.4, -0.2) is 55.3 Å². The van der Waals surface area contributed by atoms with Crippen LogP contribution >= 0.6 is 0 Å². The van der Waals surface area contributed by atoms with Gasteiger partial charge in [-0.15, -0.1) is 5.10 Å². The number of amides is 3. The molecule has 0 aliphatic rings. The third kappa shape index (κ3) is 11.1. The minimum absolute atomic E-state index is 0.118. The van der Waals surface area contributed by atoms with Crippen LogP contribution in [0.15, 0.2) is 79.1 Å². The number of carbonyl (C=O) groups is 3. The van der Waals surface area contributed by atoms with Gasteiger partial charge in [0, 0.05) is 19.2 Å². The molecule has 3 rings (SSSR count). The first-order valence-electron chi connectivity index (χ1n) is 15.5. The van der Waals surface area contributed by atoms with Crippen molar-refractivity contribution < 1.29 is 19.2 Å². The molecule has 0 spiro atoms. The van der Waals surface area contributed by atoms with Crippen LogP contribution in [0, 0.1) is 11.8 Å². The van der Waals surface area contributed by atoms with E-state index in [4.69, 9.17) is 4.84 Å². The van der Waals surface area contributed by atoms with Gasteiger partial charge >= 0.3 is 0 Å². The maximum atomic E-state index is 14.1. The first-order valence-corrected chi connectivity index (χ1v) is 15.5. The van der Waals surface area contributed by atoms with E-state index in [1.165, 1.54) is 20.9 Å². The second kappa shape index (κ2) is 18.4. The molecule has 1 aromatic heterocycles. The monoisotopic (exact) mass is 602 g/mol. The summed E-state index contributed by atoms with van der Waals surface area (Å²) in [5.41, 5.74) is 4.41. The first-order chi connectivity index (χ1) is 21.3. The molecule has 10 heteroatoms. The van der Waals surface area contributed by atoms with Crippen molar-refractivity contribution in [2.75, 3.05) is 6.54 Å². The predicted octanol–water partition coefficient (Wildman–Crippen LogP) is 5.44. The number of hydrogen-bond donors (Lipinski definition) is 1. The number of nitrogens with one attached hydrogen (secondary N) is 1. The second-order valence-electron chi connectivity index (χ2n) is 11.2. The predicted molar refractivity (Wildman–Crippen MR) is 170 cm³/mol. The Labute approximate surface area is 261 Å². The summed E-state index contributed by atoms with van der Waals surface area (Å²) in [4.78, 5) is 47.5. The van der Waals surface area contributed by atoms with Gasteiger partial charge in [0.15, 0.2) is 0 Å². The maximum absolute atomic E-state index is 14.1. The average Bonchev–Trinajstić information content (AvgIpc) is 3.54. The van der Waals surface area contributed by atoms with E-state index in [0.717, 1.165) is 24.0 Å². The molecule has 0 saturated heterocycles. The van der Waals surface area contributed by atoms with E-state index in [9.17, 15) is 14.4 Å². The van der Waals surface area contributed by atoms with Gasteiger partial charge in [-0.05, 0) is 35.8 Å². The van der Waals surface area contributed by atoms with Gasteiger partial charge in [-0.3, -0.25) is 19.2 Å². The Morgan fingerprint density at radius 2 is 1.66 bits per heavy atom. The Morgan fingerprint density at radius 3 is 2.27 bits per heavy atom. The summed E-state index contributed by atoms with van der Waals surface area (Å²) < 4.78 is 1.42. The van der Waals surface area contributed by atoms with E-state index in [2.05, 4.69) is 29.6 Å². The Kier molecular flexibility index (Phi) is 14.3. The number of hydrazine groups is 1. The van der Waals surface area contributed by atoms with E-state index < -0.39 is 11.9 Å². The third-order valence-electron chi connectivity index (χ3n) is 7.42. The van der Waals surface area contributed by atoms with Crippen LogP contribution in [0.3, 0.4) is 0 Å². The van der Waals surface area contributed by atoms with Crippen LogP contribution in [0.1, 0.15) is 70.9 Å². The van der Waals surface area contributed by atoms with Gasteiger partial charge in [0.05, 0.1) is 12.8 Å². The molecule has 10 nitrogen and oxygen atoms in total. The molecular weight excluding hydrogens is 556 g/mol. The molecule has 1 N–H and O–H groups in total. The number of benzene rings is 2. The lowest BCUT2D eigenvalue weighted by Crippen LogP contribution is -2.60. The molecule has 0 unspecified atom stereocenters. The lowest BCUT2D eigenvalue weighted by molar-refractivity contribution is -0.177. The van der Waals surface area contributed by atoms with Crippen molar-refractivity contribution in [2.24, 2.45) is 11.8 Å². The molecule has 236 valence electrons. The molecule has 0 fully saturated rings. The summed E-state index contributed by atoms with van der Waals surface area (Å²) in [5.74, 6) is -0.783. The minimum atomic E-state index is -1.04. The van der Waals surface area contributed by atoms with Crippen molar-refractivity contribution in [3.63, 3.8) is 0 Å². The third-order valence-corrected chi connectivity index (χ3v) is 7.42. The van der Waals surface area contributed by atoms with Crippen LogP contribution < -0.4 is 5.48 Å². The largest absolute Gasteiger partial charge is 0.273 e. The van der Waals surface area contributed by atoms with E-state index in [0.29, 0.717) is 6.42 Å². The van der Waals surface area contributed by atoms with Crippen LogP contribution in [0.2, 0.25) is 0 Å². The number of nitrogens with zero attached hydrogens (tertiary/aromatic N) is 5. The maximum Gasteiger partial charge on any atom is 0.268 e. The number of rotatable bonds is 17. The van der Waals surface area contributed by atoms with E-state index in [1.54, 1.807) is 6.20 Å². The summed E-state index contributed by atoms with van der Waals surface area (Å²) in [6.07, 6.45) is 9.45. The summed E-state index contributed by atoms with van der Waals surface area (Å²) in [5, 5.41) is 10.6. The van der Waals surface area contributed by atoms with Crippen molar-refractivity contribution in [3.8, 4) is 0 Å². The van der Waals surface area contributed by atoms with Gasteiger partial charge in [-0.2, -0.15) is 0 Å². The highest BCUT2D eigenvalue weighted by Gasteiger charge is 2.37. The molecular formula is C34H46N6O4. The summed E-state index contributed by atoms with van der Waals surface area (Å²) >= 11 is 0. The molecule has 44 heavy (non-hydrogen) atoms. The molecule has 3 amide bonds. The van der Waals surface area contributed by atoms with Gasteiger partial charge in [0.2, 0.25) is 5.91 Å². The molecule has 3 aromatic rings. The topological polar surface area (TPSA) is 110 Å². The number of carbonyl (C=O) groups excluding carboxylic acids is 3. The van der Waals surface area contributed by atoms with E-state index in [-0.39, 0.29) is 56.2 Å². The van der Waals surface area contributed by atoms with Gasteiger partial charge in [0.25, 0.3) is 11.8 Å². The lowest BCUT2D eigenvalue weighted by Gasteiger charge is -2.41. The smallest absolute Gasteiger partial charge is 0.268 e. The van der Waals surface area contributed by atoms with Crippen molar-refractivity contribution in [1.82, 2.24) is 30.5 Å². The fourth-order valence-electron chi connectivity index (χ4n) is 4.69. The SMILES string of the molecule is CCC(CC)CN(C(=O)Cn1ccnn1)N(C(=O)CCC(C)C)[C@@H](CC=Cc1ccccc1)C(=O)NOCc1ccccc1. The highest BCUT2D eigenvalue weighted by Crippen LogP contribution is 2.21. The van der Waals surface area contributed by atoms with Gasteiger partial charge < -0.3 is 0 Å². The second-order valence-corrected chi connectivity index (χ2v) is 11.2.